The van der Waals surface area contributed by atoms with E-state index in [1.807, 2.05) is 36.4 Å². The Morgan fingerprint density at radius 3 is 2.94 bits per heavy atom. The van der Waals surface area contributed by atoms with Crippen molar-refractivity contribution in [1.82, 2.24) is 5.32 Å². The molecule has 0 fully saturated rings. The second kappa shape index (κ2) is 4.31. The lowest BCUT2D eigenvalue weighted by atomic mass is 10.1. The summed E-state index contributed by atoms with van der Waals surface area (Å²) in [4.78, 5) is 11.8. The first-order valence-electron chi connectivity index (χ1n) is 5.93. The lowest BCUT2D eigenvalue weighted by Crippen LogP contribution is -2.43. The molecule has 0 aliphatic carbocycles. The SMILES string of the molecule is CNCC1Oc2c(ccc3ccccc23)NC1=O. The van der Waals surface area contributed by atoms with E-state index in [2.05, 4.69) is 10.6 Å². The summed E-state index contributed by atoms with van der Waals surface area (Å²) in [6.07, 6.45) is -0.478. The number of rotatable bonds is 2. The lowest BCUT2D eigenvalue weighted by Gasteiger charge is -2.26. The van der Waals surface area contributed by atoms with E-state index in [0.717, 1.165) is 22.2 Å². The van der Waals surface area contributed by atoms with E-state index in [4.69, 9.17) is 4.74 Å². The Balaban J connectivity index is 2.11. The highest BCUT2D eigenvalue weighted by Gasteiger charge is 2.27. The van der Waals surface area contributed by atoms with Crippen molar-refractivity contribution in [3.05, 3.63) is 36.4 Å². The van der Waals surface area contributed by atoms with Gasteiger partial charge in [-0.15, -0.1) is 0 Å². The van der Waals surface area contributed by atoms with Crippen molar-refractivity contribution in [1.29, 1.82) is 0 Å². The Morgan fingerprint density at radius 1 is 1.28 bits per heavy atom. The Kier molecular flexibility index (Phi) is 2.64. The standard InChI is InChI=1S/C14H14N2O2/c1-15-8-12-14(17)16-11-7-6-9-4-2-3-5-10(9)13(11)18-12/h2-7,12,15H,8H2,1H3,(H,16,17). The molecule has 2 aromatic carbocycles. The van der Waals surface area contributed by atoms with Gasteiger partial charge in [0.25, 0.3) is 5.91 Å². The van der Waals surface area contributed by atoms with E-state index in [-0.39, 0.29) is 5.91 Å². The van der Waals surface area contributed by atoms with Crippen LogP contribution in [0.4, 0.5) is 5.69 Å². The van der Waals surface area contributed by atoms with Crippen LogP contribution in [0.2, 0.25) is 0 Å². The van der Waals surface area contributed by atoms with Gasteiger partial charge >= 0.3 is 0 Å². The largest absolute Gasteiger partial charge is 0.476 e. The number of carbonyl (C=O) groups excluding carboxylic acids is 1. The molecule has 92 valence electrons. The molecule has 4 nitrogen and oxygen atoms in total. The van der Waals surface area contributed by atoms with Crippen LogP contribution in [0, 0.1) is 0 Å². The van der Waals surface area contributed by atoms with Crippen molar-refractivity contribution in [3.8, 4) is 5.75 Å². The maximum atomic E-state index is 11.8. The Hall–Kier alpha value is -2.07. The molecule has 18 heavy (non-hydrogen) atoms. The minimum absolute atomic E-state index is 0.105. The molecule has 0 radical (unpaired) electrons. The quantitative estimate of drug-likeness (QED) is 0.843. The number of amides is 1. The van der Waals surface area contributed by atoms with E-state index >= 15 is 0 Å². The summed E-state index contributed by atoms with van der Waals surface area (Å²) in [6, 6.07) is 11.8. The topological polar surface area (TPSA) is 50.4 Å². The predicted molar refractivity (Wildman–Crippen MR) is 70.9 cm³/mol. The average molecular weight is 242 g/mol. The first-order chi connectivity index (χ1) is 8.79. The Morgan fingerprint density at radius 2 is 2.11 bits per heavy atom. The first-order valence-corrected chi connectivity index (χ1v) is 5.93. The van der Waals surface area contributed by atoms with Gasteiger partial charge in [-0.2, -0.15) is 0 Å². The number of anilines is 1. The zero-order valence-corrected chi connectivity index (χ0v) is 10.1. The van der Waals surface area contributed by atoms with Crippen LogP contribution in [0.5, 0.6) is 5.75 Å². The molecule has 2 aromatic rings. The molecule has 1 aliphatic heterocycles. The number of hydrogen-bond donors (Lipinski definition) is 2. The van der Waals surface area contributed by atoms with Gasteiger partial charge < -0.3 is 15.4 Å². The fourth-order valence-electron chi connectivity index (χ4n) is 2.20. The summed E-state index contributed by atoms with van der Waals surface area (Å²) in [5, 5.41) is 7.98. The van der Waals surface area contributed by atoms with E-state index < -0.39 is 6.10 Å². The number of carbonyl (C=O) groups is 1. The third-order valence-electron chi connectivity index (χ3n) is 3.08. The molecule has 0 aromatic heterocycles. The molecule has 0 spiro atoms. The molecule has 4 heteroatoms. The highest BCUT2D eigenvalue weighted by molar-refractivity contribution is 6.03. The lowest BCUT2D eigenvalue weighted by molar-refractivity contribution is -0.123. The van der Waals surface area contributed by atoms with Crippen molar-refractivity contribution in [2.45, 2.75) is 6.10 Å². The zero-order chi connectivity index (χ0) is 12.5. The number of hydrogen-bond acceptors (Lipinski definition) is 3. The second-order valence-corrected chi connectivity index (χ2v) is 4.32. The predicted octanol–water partition coefficient (Wildman–Crippen LogP) is 1.76. The third kappa shape index (κ3) is 1.71. The van der Waals surface area contributed by atoms with Gasteiger partial charge in [-0.3, -0.25) is 4.79 Å². The molecular weight excluding hydrogens is 228 g/mol. The summed E-state index contributed by atoms with van der Waals surface area (Å²) in [6.45, 7) is 0.495. The fraction of sp³-hybridized carbons (Fsp3) is 0.214. The molecule has 1 unspecified atom stereocenters. The van der Waals surface area contributed by atoms with E-state index in [1.54, 1.807) is 7.05 Å². The minimum Gasteiger partial charge on any atom is -0.476 e. The molecular formula is C14H14N2O2. The number of ether oxygens (including phenoxy) is 1. The van der Waals surface area contributed by atoms with Gasteiger partial charge in [0.1, 0.15) is 0 Å². The number of likely N-dealkylation sites (N-methyl/N-ethyl adjacent to an activating group) is 1. The van der Waals surface area contributed by atoms with Crippen molar-refractivity contribution in [2.75, 3.05) is 18.9 Å². The third-order valence-corrected chi connectivity index (χ3v) is 3.08. The maximum Gasteiger partial charge on any atom is 0.266 e. The van der Waals surface area contributed by atoms with Crippen LogP contribution < -0.4 is 15.4 Å². The van der Waals surface area contributed by atoms with Gasteiger partial charge in [0.15, 0.2) is 11.9 Å². The highest BCUT2D eigenvalue weighted by atomic mass is 16.5. The number of nitrogens with one attached hydrogen (secondary N) is 2. The molecule has 0 saturated heterocycles. The molecule has 0 bridgehead atoms. The van der Waals surface area contributed by atoms with E-state index in [1.165, 1.54) is 0 Å². The summed E-state index contributed by atoms with van der Waals surface area (Å²) in [5.74, 6) is 0.653. The van der Waals surface area contributed by atoms with Crippen molar-refractivity contribution in [3.63, 3.8) is 0 Å². The van der Waals surface area contributed by atoms with Gasteiger partial charge in [0, 0.05) is 11.9 Å². The van der Waals surface area contributed by atoms with Crippen LogP contribution in [0.15, 0.2) is 36.4 Å². The van der Waals surface area contributed by atoms with Crippen LogP contribution in [0.3, 0.4) is 0 Å². The smallest absolute Gasteiger partial charge is 0.266 e. The van der Waals surface area contributed by atoms with Gasteiger partial charge in [0.2, 0.25) is 0 Å². The molecule has 1 aliphatic rings. The molecule has 1 heterocycles. The summed E-state index contributed by atoms with van der Waals surface area (Å²) < 4.78 is 5.82. The fourth-order valence-corrected chi connectivity index (χ4v) is 2.20. The van der Waals surface area contributed by atoms with Gasteiger partial charge in [-0.05, 0) is 18.5 Å². The number of benzene rings is 2. The highest BCUT2D eigenvalue weighted by Crippen LogP contribution is 2.36. The van der Waals surface area contributed by atoms with E-state index in [0.29, 0.717) is 6.54 Å². The first kappa shape index (κ1) is 11.0. The van der Waals surface area contributed by atoms with Crippen molar-refractivity contribution < 1.29 is 9.53 Å². The van der Waals surface area contributed by atoms with Gasteiger partial charge in [-0.25, -0.2) is 0 Å². The van der Waals surface area contributed by atoms with Gasteiger partial charge in [-0.1, -0.05) is 30.3 Å². The molecule has 3 rings (SSSR count). The summed E-state index contributed by atoms with van der Waals surface area (Å²) in [5.41, 5.74) is 0.742. The van der Waals surface area contributed by atoms with E-state index in [9.17, 15) is 4.79 Å². The summed E-state index contributed by atoms with van der Waals surface area (Å²) >= 11 is 0. The van der Waals surface area contributed by atoms with Gasteiger partial charge in [0.05, 0.1) is 5.69 Å². The molecule has 1 atom stereocenters. The van der Waals surface area contributed by atoms with Crippen LogP contribution in [0.1, 0.15) is 0 Å². The van der Waals surface area contributed by atoms with Crippen LogP contribution >= 0.6 is 0 Å². The van der Waals surface area contributed by atoms with Crippen LogP contribution in [-0.2, 0) is 4.79 Å². The summed E-state index contributed by atoms with van der Waals surface area (Å²) in [7, 11) is 1.80. The Bertz CT molecular complexity index is 610. The normalized spacial score (nSPS) is 18.1. The minimum atomic E-state index is -0.478. The van der Waals surface area contributed by atoms with Crippen molar-refractivity contribution in [2.24, 2.45) is 0 Å². The zero-order valence-electron chi connectivity index (χ0n) is 10.1. The Labute approximate surface area is 105 Å². The monoisotopic (exact) mass is 242 g/mol. The number of fused-ring (bicyclic) bond motifs is 3. The molecule has 0 saturated carbocycles. The molecule has 2 N–H and O–H groups in total. The second-order valence-electron chi connectivity index (χ2n) is 4.32. The average Bonchev–Trinajstić information content (AvgIpc) is 2.40. The van der Waals surface area contributed by atoms with Crippen LogP contribution in [-0.4, -0.2) is 25.6 Å². The van der Waals surface area contributed by atoms with Crippen molar-refractivity contribution >= 4 is 22.4 Å². The van der Waals surface area contributed by atoms with Crippen LogP contribution in [0.25, 0.3) is 10.8 Å². The maximum absolute atomic E-state index is 11.8. The molecule has 1 amide bonds.